The van der Waals surface area contributed by atoms with Crippen molar-refractivity contribution in [3.63, 3.8) is 0 Å². The Bertz CT molecular complexity index is 834. The summed E-state index contributed by atoms with van der Waals surface area (Å²) < 4.78 is 7.10. The SMILES string of the molecule is Cc1nn(C)c(N2CCCC2)c1/C=N/OCc1ccc(C(=O)OC(C)C)cc1. The number of hydrogen-bond acceptors (Lipinski definition) is 6. The van der Waals surface area contributed by atoms with Gasteiger partial charge in [0.25, 0.3) is 0 Å². The molecule has 0 N–H and O–H groups in total. The molecule has 28 heavy (non-hydrogen) atoms. The molecule has 1 aromatic carbocycles. The highest BCUT2D eigenvalue weighted by Gasteiger charge is 2.21. The average molecular weight is 384 g/mol. The van der Waals surface area contributed by atoms with Crippen molar-refractivity contribution in [1.29, 1.82) is 0 Å². The summed E-state index contributed by atoms with van der Waals surface area (Å²) in [5, 5.41) is 8.67. The molecule has 0 saturated carbocycles. The van der Waals surface area contributed by atoms with Crippen molar-refractivity contribution in [2.24, 2.45) is 12.2 Å². The molecule has 2 aromatic rings. The van der Waals surface area contributed by atoms with E-state index in [0.29, 0.717) is 12.2 Å². The average Bonchev–Trinajstić information content (AvgIpc) is 3.26. The maximum atomic E-state index is 11.9. The lowest BCUT2D eigenvalue weighted by Crippen LogP contribution is -2.22. The van der Waals surface area contributed by atoms with Crippen LogP contribution in [0.2, 0.25) is 0 Å². The molecule has 0 bridgehead atoms. The molecule has 0 aliphatic carbocycles. The lowest BCUT2D eigenvalue weighted by Gasteiger charge is -2.18. The predicted octanol–water partition coefficient (Wildman–Crippen LogP) is 3.44. The van der Waals surface area contributed by atoms with Crippen LogP contribution in [0, 0.1) is 6.92 Å². The van der Waals surface area contributed by atoms with E-state index in [1.807, 2.05) is 44.6 Å². The number of ether oxygens (including phenoxy) is 1. The maximum Gasteiger partial charge on any atom is 0.338 e. The van der Waals surface area contributed by atoms with Crippen LogP contribution < -0.4 is 4.90 Å². The van der Waals surface area contributed by atoms with Gasteiger partial charge >= 0.3 is 5.97 Å². The fourth-order valence-electron chi connectivity index (χ4n) is 3.34. The minimum atomic E-state index is -0.318. The lowest BCUT2D eigenvalue weighted by molar-refractivity contribution is 0.0378. The molecule has 2 heterocycles. The van der Waals surface area contributed by atoms with Gasteiger partial charge in [-0.15, -0.1) is 0 Å². The molecule has 7 heteroatoms. The van der Waals surface area contributed by atoms with Crippen LogP contribution in [0.4, 0.5) is 5.82 Å². The number of aryl methyl sites for hydroxylation is 2. The first-order valence-corrected chi connectivity index (χ1v) is 9.69. The van der Waals surface area contributed by atoms with Gasteiger partial charge in [0, 0.05) is 20.1 Å². The maximum absolute atomic E-state index is 11.9. The molecule has 0 spiro atoms. The number of oxime groups is 1. The highest BCUT2D eigenvalue weighted by molar-refractivity contribution is 5.89. The van der Waals surface area contributed by atoms with E-state index >= 15 is 0 Å². The van der Waals surface area contributed by atoms with Crippen LogP contribution in [0.15, 0.2) is 29.4 Å². The number of esters is 1. The van der Waals surface area contributed by atoms with Crippen LogP contribution in [-0.2, 0) is 23.2 Å². The second-order valence-electron chi connectivity index (χ2n) is 7.30. The van der Waals surface area contributed by atoms with Gasteiger partial charge in [0.2, 0.25) is 0 Å². The van der Waals surface area contributed by atoms with E-state index in [9.17, 15) is 4.79 Å². The van der Waals surface area contributed by atoms with Crippen LogP contribution in [0.1, 0.15) is 53.9 Å². The second kappa shape index (κ2) is 8.91. The van der Waals surface area contributed by atoms with Crippen LogP contribution >= 0.6 is 0 Å². The lowest BCUT2D eigenvalue weighted by atomic mass is 10.1. The highest BCUT2D eigenvalue weighted by Crippen LogP contribution is 2.25. The van der Waals surface area contributed by atoms with E-state index in [2.05, 4.69) is 15.2 Å². The minimum Gasteiger partial charge on any atom is -0.459 e. The molecule has 1 saturated heterocycles. The number of benzene rings is 1. The molecule has 1 aliphatic rings. The molecule has 7 nitrogen and oxygen atoms in total. The van der Waals surface area contributed by atoms with E-state index in [-0.39, 0.29) is 12.1 Å². The van der Waals surface area contributed by atoms with Crippen molar-refractivity contribution in [2.75, 3.05) is 18.0 Å². The molecule has 1 aliphatic heterocycles. The molecule has 0 radical (unpaired) electrons. The topological polar surface area (TPSA) is 69.0 Å². The summed E-state index contributed by atoms with van der Waals surface area (Å²) in [7, 11) is 1.96. The fraction of sp³-hybridized carbons (Fsp3) is 0.476. The van der Waals surface area contributed by atoms with E-state index in [4.69, 9.17) is 9.57 Å². The zero-order valence-electron chi connectivity index (χ0n) is 17.0. The third-order valence-corrected chi connectivity index (χ3v) is 4.66. The molecule has 150 valence electrons. The molecular weight excluding hydrogens is 356 g/mol. The van der Waals surface area contributed by atoms with E-state index in [0.717, 1.165) is 35.7 Å². The number of rotatable bonds is 7. The fourth-order valence-corrected chi connectivity index (χ4v) is 3.34. The zero-order valence-corrected chi connectivity index (χ0v) is 17.0. The normalized spacial score (nSPS) is 14.2. The summed E-state index contributed by atoms with van der Waals surface area (Å²) in [5.74, 6) is 0.775. The monoisotopic (exact) mass is 384 g/mol. The first-order valence-electron chi connectivity index (χ1n) is 9.69. The third-order valence-electron chi connectivity index (χ3n) is 4.66. The molecule has 0 unspecified atom stereocenters. The Morgan fingerprint density at radius 3 is 2.57 bits per heavy atom. The van der Waals surface area contributed by atoms with Gasteiger partial charge < -0.3 is 14.5 Å². The summed E-state index contributed by atoms with van der Waals surface area (Å²) in [5.41, 5.74) is 3.39. The summed E-state index contributed by atoms with van der Waals surface area (Å²) in [6.45, 7) is 8.07. The van der Waals surface area contributed by atoms with Crippen molar-refractivity contribution in [3.05, 3.63) is 46.6 Å². The Kier molecular flexibility index (Phi) is 6.34. The zero-order chi connectivity index (χ0) is 20.1. The van der Waals surface area contributed by atoms with Crippen molar-refractivity contribution >= 4 is 18.0 Å². The van der Waals surface area contributed by atoms with Gasteiger partial charge in [0.15, 0.2) is 0 Å². The van der Waals surface area contributed by atoms with Gasteiger partial charge in [-0.25, -0.2) is 4.79 Å². The Morgan fingerprint density at radius 1 is 1.25 bits per heavy atom. The smallest absolute Gasteiger partial charge is 0.338 e. The number of aromatic nitrogens is 2. The molecule has 1 aromatic heterocycles. The molecular formula is C21H28N4O3. The number of anilines is 1. The summed E-state index contributed by atoms with van der Waals surface area (Å²) in [6.07, 6.45) is 4.02. The van der Waals surface area contributed by atoms with Crippen LogP contribution in [-0.4, -0.2) is 41.2 Å². The van der Waals surface area contributed by atoms with E-state index in [1.54, 1.807) is 18.3 Å². The Balaban J connectivity index is 1.59. The third kappa shape index (κ3) is 4.71. The summed E-state index contributed by atoms with van der Waals surface area (Å²) in [6, 6.07) is 7.17. The number of carbonyl (C=O) groups is 1. The minimum absolute atomic E-state index is 0.133. The van der Waals surface area contributed by atoms with Gasteiger partial charge in [0.1, 0.15) is 12.4 Å². The van der Waals surface area contributed by atoms with Crippen LogP contribution in [0.3, 0.4) is 0 Å². The quantitative estimate of drug-likeness (QED) is 0.415. The van der Waals surface area contributed by atoms with Crippen molar-refractivity contribution in [3.8, 4) is 0 Å². The second-order valence-corrected chi connectivity index (χ2v) is 7.30. The van der Waals surface area contributed by atoms with Gasteiger partial charge in [-0.1, -0.05) is 17.3 Å². The Labute approximate surface area is 165 Å². The van der Waals surface area contributed by atoms with Gasteiger partial charge in [-0.3, -0.25) is 4.68 Å². The Hall–Kier alpha value is -2.83. The number of nitrogens with zero attached hydrogens (tertiary/aromatic N) is 4. The molecule has 0 amide bonds. The Morgan fingerprint density at radius 2 is 1.93 bits per heavy atom. The predicted molar refractivity (Wildman–Crippen MR) is 109 cm³/mol. The van der Waals surface area contributed by atoms with Crippen LogP contribution in [0.5, 0.6) is 0 Å². The molecule has 3 rings (SSSR count). The van der Waals surface area contributed by atoms with E-state index < -0.39 is 0 Å². The van der Waals surface area contributed by atoms with Crippen molar-refractivity contribution < 1.29 is 14.4 Å². The first-order chi connectivity index (χ1) is 13.5. The van der Waals surface area contributed by atoms with Gasteiger partial charge in [-0.2, -0.15) is 5.10 Å². The summed E-state index contributed by atoms with van der Waals surface area (Å²) in [4.78, 5) is 19.7. The van der Waals surface area contributed by atoms with Gasteiger partial charge in [0.05, 0.1) is 29.1 Å². The highest BCUT2D eigenvalue weighted by atomic mass is 16.6. The van der Waals surface area contributed by atoms with E-state index in [1.165, 1.54) is 12.8 Å². The van der Waals surface area contributed by atoms with Crippen molar-refractivity contribution in [1.82, 2.24) is 9.78 Å². The van der Waals surface area contributed by atoms with Crippen LogP contribution in [0.25, 0.3) is 0 Å². The standard InChI is InChI=1S/C21H28N4O3/c1-15(2)28-21(26)18-9-7-17(8-10-18)14-27-22-13-19-16(3)23-24(4)20(19)25-11-5-6-12-25/h7-10,13,15H,5-6,11-12,14H2,1-4H3/b22-13+. The number of hydrogen-bond donors (Lipinski definition) is 0. The first kappa shape index (κ1) is 19.9. The molecule has 0 atom stereocenters. The molecule has 1 fully saturated rings. The van der Waals surface area contributed by atoms with Gasteiger partial charge in [-0.05, 0) is 51.3 Å². The summed E-state index contributed by atoms with van der Waals surface area (Å²) >= 11 is 0. The largest absolute Gasteiger partial charge is 0.459 e. The number of carbonyl (C=O) groups excluding carboxylic acids is 1. The van der Waals surface area contributed by atoms with Crippen molar-refractivity contribution in [2.45, 2.75) is 46.3 Å².